The molecule has 0 unspecified atom stereocenters. The number of carboxylic acid groups (broad SMARTS) is 1. The van der Waals surface area contributed by atoms with E-state index in [4.69, 9.17) is 16.7 Å². The van der Waals surface area contributed by atoms with E-state index in [0.717, 1.165) is 12.1 Å². The Morgan fingerprint density at radius 2 is 2.00 bits per heavy atom. The second-order valence-corrected chi connectivity index (χ2v) is 2.84. The van der Waals surface area contributed by atoms with Gasteiger partial charge in [0.1, 0.15) is 0 Å². The minimum Gasteiger partial charge on any atom is -0.478 e. The molecule has 1 aromatic rings. The van der Waals surface area contributed by atoms with Gasteiger partial charge in [-0.3, -0.25) is 0 Å². The van der Waals surface area contributed by atoms with Crippen LogP contribution in [0.3, 0.4) is 0 Å². The van der Waals surface area contributed by atoms with E-state index in [-0.39, 0.29) is 10.6 Å². The number of carboxylic acids is 1. The SMILES string of the molecule is O=C(O)/C=C/c1ccc(Cl)c(F)c1F. The van der Waals surface area contributed by atoms with E-state index in [0.29, 0.717) is 6.08 Å². The minimum absolute atomic E-state index is 0.158. The van der Waals surface area contributed by atoms with Crippen LogP contribution in [-0.2, 0) is 4.79 Å². The molecular weight excluding hydrogens is 214 g/mol. The maximum atomic E-state index is 13.0. The number of halogens is 3. The third-order valence-corrected chi connectivity index (χ3v) is 1.76. The highest BCUT2D eigenvalue weighted by atomic mass is 35.5. The van der Waals surface area contributed by atoms with Crippen LogP contribution in [-0.4, -0.2) is 11.1 Å². The summed E-state index contributed by atoms with van der Waals surface area (Å²) in [6, 6.07) is 2.35. The van der Waals surface area contributed by atoms with Gasteiger partial charge in [-0.2, -0.15) is 0 Å². The number of benzene rings is 1. The summed E-state index contributed by atoms with van der Waals surface area (Å²) in [6.07, 6.45) is 1.67. The van der Waals surface area contributed by atoms with Crippen LogP contribution in [0.15, 0.2) is 18.2 Å². The molecule has 0 aliphatic carbocycles. The summed E-state index contributed by atoms with van der Waals surface area (Å²) in [5, 5.41) is 7.92. The van der Waals surface area contributed by atoms with Crippen LogP contribution in [0.1, 0.15) is 5.56 Å². The van der Waals surface area contributed by atoms with Gasteiger partial charge in [-0.15, -0.1) is 0 Å². The summed E-state index contributed by atoms with van der Waals surface area (Å²) in [5.74, 6) is -3.58. The lowest BCUT2D eigenvalue weighted by Gasteiger charge is -1.99. The predicted octanol–water partition coefficient (Wildman–Crippen LogP) is 2.72. The zero-order valence-electron chi connectivity index (χ0n) is 6.80. The van der Waals surface area contributed by atoms with Crippen molar-refractivity contribution in [3.8, 4) is 0 Å². The van der Waals surface area contributed by atoms with Crippen molar-refractivity contribution in [2.24, 2.45) is 0 Å². The van der Waals surface area contributed by atoms with Gasteiger partial charge in [0.15, 0.2) is 11.6 Å². The zero-order valence-corrected chi connectivity index (χ0v) is 7.55. The third kappa shape index (κ3) is 2.29. The van der Waals surface area contributed by atoms with Crippen LogP contribution in [0.25, 0.3) is 6.08 Å². The molecule has 0 amide bonds. The smallest absolute Gasteiger partial charge is 0.328 e. The minimum atomic E-state index is -1.24. The Labute approximate surface area is 83.4 Å². The lowest BCUT2D eigenvalue weighted by Crippen LogP contribution is -1.91. The number of hydrogen-bond acceptors (Lipinski definition) is 1. The fourth-order valence-electron chi connectivity index (χ4n) is 0.831. The van der Waals surface area contributed by atoms with E-state index in [1.165, 1.54) is 6.07 Å². The van der Waals surface area contributed by atoms with Gasteiger partial charge < -0.3 is 5.11 Å². The zero-order chi connectivity index (χ0) is 10.7. The molecule has 74 valence electrons. The average molecular weight is 219 g/mol. The average Bonchev–Trinajstić information content (AvgIpc) is 2.13. The summed E-state index contributed by atoms with van der Waals surface area (Å²) < 4.78 is 25.8. The second-order valence-electron chi connectivity index (χ2n) is 2.44. The molecule has 0 spiro atoms. The van der Waals surface area contributed by atoms with Crippen LogP contribution in [0.5, 0.6) is 0 Å². The largest absolute Gasteiger partial charge is 0.478 e. The topological polar surface area (TPSA) is 37.3 Å². The molecule has 1 aromatic carbocycles. The molecule has 0 atom stereocenters. The monoisotopic (exact) mass is 218 g/mol. The summed E-state index contributed by atoms with van der Waals surface area (Å²) >= 11 is 5.29. The molecule has 0 heterocycles. The highest BCUT2D eigenvalue weighted by Crippen LogP contribution is 2.21. The van der Waals surface area contributed by atoms with Gasteiger partial charge >= 0.3 is 5.97 Å². The van der Waals surface area contributed by atoms with Crippen LogP contribution in [0.2, 0.25) is 5.02 Å². The Hall–Kier alpha value is -1.42. The Kier molecular flexibility index (Phi) is 3.19. The van der Waals surface area contributed by atoms with E-state index < -0.39 is 17.6 Å². The second kappa shape index (κ2) is 4.19. The highest BCUT2D eigenvalue weighted by molar-refractivity contribution is 6.30. The number of carbonyl (C=O) groups is 1. The quantitative estimate of drug-likeness (QED) is 0.612. The van der Waals surface area contributed by atoms with Crippen LogP contribution < -0.4 is 0 Å². The van der Waals surface area contributed by atoms with Gasteiger partial charge in [0.25, 0.3) is 0 Å². The molecule has 0 saturated heterocycles. The van der Waals surface area contributed by atoms with E-state index in [1.807, 2.05) is 0 Å². The van der Waals surface area contributed by atoms with E-state index in [9.17, 15) is 13.6 Å². The Balaban J connectivity index is 3.12. The van der Waals surface area contributed by atoms with Crippen LogP contribution in [0.4, 0.5) is 8.78 Å². The molecule has 5 heteroatoms. The molecule has 14 heavy (non-hydrogen) atoms. The molecule has 0 saturated carbocycles. The molecule has 0 radical (unpaired) electrons. The fourth-order valence-corrected chi connectivity index (χ4v) is 0.977. The molecule has 0 aliphatic rings. The van der Waals surface area contributed by atoms with Gasteiger partial charge in [0.2, 0.25) is 0 Å². The molecule has 2 nitrogen and oxygen atoms in total. The molecule has 0 fully saturated rings. The van der Waals surface area contributed by atoms with Crippen molar-refractivity contribution < 1.29 is 18.7 Å². The van der Waals surface area contributed by atoms with Crippen molar-refractivity contribution in [1.29, 1.82) is 0 Å². The summed E-state index contributed by atoms with van der Waals surface area (Å²) in [4.78, 5) is 10.1. The molecule has 0 aromatic heterocycles. The summed E-state index contributed by atoms with van der Waals surface area (Å²) in [5.41, 5.74) is -0.158. The van der Waals surface area contributed by atoms with Crippen molar-refractivity contribution in [3.63, 3.8) is 0 Å². The van der Waals surface area contributed by atoms with Gasteiger partial charge in [0.05, 0.1) is 5.02 Å². The Morgan fingerprint density at radius 3 is 2.57 bits per heavy atom. The summed E-state index contributed by atoms with van der Waals surface area (Å²) in [7, 11) is 0. The lowest BCUT2D eigenvalue weighted by molar-refractivity contribution is -0.131. The highest BCUT2D eigenvalue weighted by Gasteiger charge is 2.09. The van der Waals surface area contributed by atoms with E-state index in [1.54, 1.807) is 0 Å². The van der Waals surface area contributed by atoms with Gasteiger partial charge in [-0.05, 0) is 12.1 Å². The van der Waals surface area contributed by atoms with Crippen molar-refractivity contribution in [3.05, 3.63) is 40.4 Å². The first-order valence-electron chi connectivity index (χ1n) is 3.57. The van der Waals surface area contributed by atoms with Crippen molar-refractivity contribution >= 4 is 23.6 Å². The number of aliphatic carboxylic acids is 1. The molecular formula is C9H5ClF2O2. The lowest BCUT2D eigenvalue weighted by atomic mass is 10.2. The first-order chi connectivity index (χ1) is 6.52. The van der Waals surface area contributed by atoms with E-state index >= 15 is 0 Å². The van der Waals surface area contributed by atoms with Gasteiger partial charge in [-0.1, -0.05) is 17.7 Å². The van der Waals surface area contributed by atoms with E-state index in [2.05, 4.69) is 0 Å². The predicted molar refractivity (Wildman–Crippen MR) is 48.0 cm³/mol. The molecule has 1 rings (SSSR count). The maximum absolute atomic E-state index is 13.0. The Morgan fingerprint density at radius 1 is 1.36 bits per heavy atom. The molecule has 0 aliphatic heterocycles. The van der Waals surface area contributed by atoms with Crippen molar-refractivity contribution in [2.45, 2.75) is 0 Å². The van der Waals surface area contributed by atoms with Crippen LogP contribution >= 0.6 is 11.6 Å². The Bertz CT molecular complexity index is 402. The van der Waals surface area contributed by atoms with Crippen molar-refractivity contribution in [2.75, 3.05) is 0 Å². The molecule has 0 bridgehead atoms. The first kappa shape index (κ1) is 10.7. The van der Waals surface area contributed by atoms with Gasteiger partial charge in [-0.25, -0.2) is 13.6 Å². The molecule has 1 N–H and O–H groups in total. The van der Waals surface area contributed by atoms with Crippen molar-refractivity contribution in [1.82, 2.24) is 0 Å². The number of rotatable bonds is 2. The third-order valence-electron chi connectivity index (χ3n) is 1.47. The standard InChI is InChI=1S/C9H5ClF2O2/c10-6-3-1-5(2-4-7(13)14)8(11)9(6)12/h1-4H,(H,13,14)/b4-2+. The normalized spacial score (nSPS) is 10.8. The fraction of sp³-hybridized carbons (Fsp3) is 0. The maximum Gasteiger partial charge on any atom is 0.328 e. The first-order valence-corrected chi connectivity index (χ1v) is 3.94. The van der Waals surface area contributed by atoms with Gasteiger partial charge in [0, 0.05) is 11.6 Å². The van der Waals surface area contributed by atoms with Crippen LogP contribution in [0, 0.1) is 11.6 Å². The summed E-state index contributed by atoms with van der Waals surface area (Å²) in [6.45, 7) is 0. The number of hydrogen-bond donors (Lipinski definition) is 1.